The van der Waals surface area contributed by atoms with Crippen LogP contribution in [-0.2, 0) is 20.2 Å². The van der Waals surface area contributed by atoms with Crippen molar-refractivity contribution in [2.45, 2.75) is 25.7 Å². The fraction of sp³-hybridized carbons (Fsp3) is 0.818. The number of unbranched alkanes of at least 4 members (excludes halogenated alkanes) is 2. The van der Waals surface area contributed by atoms with Gasteiger partial charge in [0.15, 0.2) is 0 Å². The van der Waals surface area contributed by atoms with E-state index in [1.165, 1.54) is 0 Å². The summed E-state index contributed by atoms with van der Waals surface area (Å²) < 4.78 is 59.4. The van der Waals surface area contributed by atoms with Gasteiger partial charge in [0.1, 0.15) is 0 Å². The van der Waals surface area contributed by atoms with Gasteiger partial charge in [0.05, 0.1) is 18.2 Å². The van der Waals surface area contributed by atoms with Crippen molar-refractivity contribution < 1.29 is 25.9 Å². The molecule has 0 unspecified atom stereocenters. The quantitative estimate of drug-likeness (QED) is 0.432. The van der Waals surface area contributed by atoms with Gasteiger partial charge in [0, 0.05) is 25.5 Å². The van der Waals surface area contributed by atoms with Crippen molar-refractivity contribution in [3.8, 4) is 0 Å². The van der Waals surface area contributed by atoms with Gasteiger partial charge in [-0.05, 0) is 25.7 Å². The Balaban J connectivity index is 2.09. The third-order valence-electron chi connectivity index (χ3n) is 3.05. The maximum Gasteiger partial charge on any atom is 0.264 e. The van der Waals surface area contributed by atoms with Crippen LogP contribution in [0.2, 0.25) is 0 Å². The van der Waals surface area contributed by atoms with Gasteiger partial charge < -0.3 is 9.80 Å². The van der Waals surface area contributed by atoms with Gasteiger partial charge in [0.25, 0.3) is 20.2 Å². The second-order valence-electron chi connectivity index (χ2n) is 5.05. The Labute approximate surface area is 125 Å². The molecule has 2 N–H and O–H groups in total. The predicted octanol–water partition coefficient (Wildman–Crippen LogP) is 0.369. The van der Waals surface area contributed by atoms with Crippen LogP contribution in [0.5, 0.6) is 0 Å². The summed E-state index contributed by atoms with van der Waals surface area (Å²) in [5.74, 6) is -0.437. The van der Waals surface area contributed by atoms with Crippen molar-refractivity contribution in [2.75, 3.05) is 31.3 Å². The molecule has 124 valence electrons. The zero-order valence-corrected chi connectivity index (χ0v) is 13.4. The first kappa shape index (κ1) is 18.2. The van der Waals surface area contributed by atoms with E-state index in [1.54, 1.807) is 0 Å². The Morgan fingerprint density at radius 1 is 0.762 bits per heavy atom. The van der Waals surface area contributed by atoms with Crippen LogP contribution in [0.25, 0.3) is 0 Å². The molecule has 0 amide bonds. The van der Waals surface area contributed by atoms with E-state index in [0.717, 1.165) is 0 Å². The fourth-order valence-corrected chi connectivity index (χ4v) is 3.14. The van der Waals surface area contributed by atoms with Gasteiger partial charge >= 0.3 is 0 Å². The molecule has 0 spiro atoms. The lowest BCUT2D eigenvalue weighted by atomic mass is 10.3. The molecule has 1 rings (SSSR count). The molecular formula is C11H22N2O6S2. The van der Waals surface area contributed by atoms with Crippen LogP contribution >= 0.6 is 0 Å². The van der Waals surface area contributed by atoms with Crippen LogP contribution in [-0.4, -0.2) is 67.0 Å². The van der Waals surface area contributed by atoms with Gasteiger partial charge in [-0.25, -0.2) is 0 Å². The molecule has 0 saturated heterocycles. The van der Waals surface area contributed by atoms with E-state index < -0.39 is 20.2 Å². The lowest BCUT2D eigenvalue weighted by Gasteiger charge is -2.21. The van der Waals surface area contributed by atoms with Crippen molar-refractivity contribution in [3.63, 3.8) is 0 Å². The molecule has 1 heterocycles. The Bertz CT molecular complexity index is 495. The Kier molecular flexibility index (Phi) is 6.91. The summed E-state index contributed by atoms with van der Waals surface area (Å²) in [6.45, 7) is 2.08. The maximum atomic E-state index is 10.6. The predicted molar refractivity (Wildman–Crippen MR) is 78.7 cm³/mol. The van der Waals surface area contributed by atoms with E-state index in [0.29, 0.717) is 45.4 Å². The zero-order valence-electron chi connectivity index (χ0n) is 11.8. The average molecular weight is 342 g/mol. The van der Waals surface area contributed by atoms with Gasteiger partial charge in [0.2, 0.25) is 0 Å². The lowest BCUT2D eigenvalue weighted by Crippen LogP contribution is -2.27. The molecule has 0 aromatic carbocycles. The largest absolute Gasteiger partial charge is 0.359 e. The highest BCUT2D eigenvalue weighted by atomic mass is 32.2. The van der Waals surface area contributed by atoms with Crippen LogP contribution in [0.3, 0.4) is 0 Å². The van der Waals surface area contributed by atoms with E-state index in [2.05, 4.69) is 0 Å². The monoisotopic (exact) mass is 342 g/mol. The summed E-state index contributed by atoms with van der Waals surface area (Å²) in [6.07, 6.45) is 5.96. The molecule has 0 saturated carbocycles. The Morgan fingerprint density at radius 3 is 1.48 bits per heavy atom. The topological polar surface area (TPSA) is 115 Å². The molecule has 0 bridgehead atoms. The molecule has 0 fully saturated rings. The van der Waals surface area contributed by atoms with Gasteiger partial charge in [-0.3, -0.25) is 9.11 Å². The van der Waals surface area contributed by atoms with E-state index in [9.17, 15) is 16.8 Å². The van der Waals surface area contributed by atoms with E-state index in [-0.39, 0.29) is 11.5 Å². The number of hydrogen-bond acceptors (Lipinski definition) is 6. The smallest absolute Gasteiger partial charge is 0.264 e. The molecular weight excluding hydrogens is 320 g/mol. The molecule has 0 aromatic heterocycles. The van der Waals surface area contributed by atoms with E-state index in [1.807, 2.05) is 22.2 Å². The van der Waals surface area contributed by atoms with Gasteiger partial charge in [-0.1, -0.05) is 0 Å². The van der Waals surface area contributed by atoms with Crippen LogP contribution in [0.1, 0.15) is 25.7 Å². The Morgan fingerprint density at radius 2 is 1.14 bits per heavy atom. The zero-order chi connectivity index (χ0) is 15.9. The molecule has 0 radical (unpaired) electrons. The minimum atomic E-state index is -3.87. The van der Waals surface area contributed by atoms with Crippen molar-refractivity contribution >= 4 is 20.2 Å². The second kappa shape index (κ2) is 7.97. The first-order valence-electron chi connectivity index (χ1n) is 6.72. The normalized spacial score (nSPS) is 15.9. The highest BCUT2D eigenvalue weighted by Crippen LogP contribution is 2.09. The summed E-state index contributed by atoms with van der Waals surface area (Å²) in [5.41, 5.74) is 0. The highest BCUT2D eigenvalue weighted by molar-refractivity contribution is 7.86. The molecule has 10 heteroatoms. The summed E-state index contributed by atoms with van der Waals surface area (Å²) in [7, 11) is -7.75. The molecule has 1 aliphatic heterocycles. The van der Waals surface area contributed by atoms with Crippen LogP contribution in [0.4, 0.5) is 0 Å². The summed E-state index contributed by atoms with van der Waals surface area (Å²) in [6, 6.07) is 0. The fourth-order valence-electron chi connectivity index (χ4n) is 2.01. The van der Waals surface area contributed by atoms with Crippen LogP contribution in [0.15, 0.2) is 12.4 Å². The minimum Gasteiger partial charge on any atom is -0.359 e. The van der Waals surface area contributed by atoms with E-state index in [4.69, 9.17) is 9.11 Å². The molecule has 0 aliphatic carbocycles. The first-order valence-corrected chi connectivity index (χ1v) is 9.94. The van der Waals surface area contributed by atoms with Crippen molar-refractivity contribution in [1.82, 2.24) is 9.80 Å². The van der Waals surface area contributed by atoms with Gasteiger partial charge in [-0.15, -0.1) is 0 Å². The van der Waals surface area contributed by atoms with Crippen molar-refractivity contribution in [1.29, 1.82) is 0 Å². The number of hydrogen-bond donors (Lipinski definition) is 2. The third kappa shape index (κ3) is 9.67. The molecule has 0 atom stereocenters. The van der Waals surface area contributed by atoms with E-state index >= 15 is 0 Å². The van der Waals surface area contributed by atoms with Crippen LogP contribution in [0, 0.1) is 0 Å². The summed E-state index contributed by atoms with van der Waals surface area (Å²) in [5, 5.41) is 0. The highest BCUT2D eigenvalue weighted by Gasteiger charge is 2.12. The average Bonchev–Trinajstić information content (AvgIpc) is 2.76. The third-order valence-corrected chi connectivity index (χ3v) is 4.66. The lowest BCUT2D eigenvalue weighted by molar-refractivity contribution is 0.260. The first-order chi connectivity index (χ1) is 9.66. The van der Waals surface area contributed by atoms with Gasteiger partial charge in [-0.2, -0.15) is 16.8 Å². The summed E-state index contributed by atoms with van der Waals surface area (Å²) >= 11 is 0. The molecule has 8 nitrogen and oxygen atoms in total. The molecule has 0 aromatic rings. The van der Waals surface area contributed by atoms with Crippen molar-refractivity contribution in [2.24, 2.45) is 0 Å². The standard InChI is InChI=1S/C11H22N2O6S2/c14-20(15,16)9-3-1-5-12-7-8-13(11-12)6-2-4-10-21(17,18)19/h7-8H,1-6,9-11H2,(H,14,15,16)(H,17,18,19). The number of nitrogens with zero attached hydrogens (tertiary/aromatic N) is 2. The minimum absolute atomic E-state index is 0.218. The van der Waals surface area contributed by atoms with Crippen LogP contribution < -0.4 is 0 Å². The maximum absolute atomic E-state index is 10.6. The second-order valence-corrected chi connectivity index (χ2v) is 8.19. The molecule has 1 aliphatic rings. The Hall–Kier alpha value is -0.840. The number of rotatable bonds is 10. The SMILES string of the molecule is O=S(=O)(O)CCCCN1C=CN(CCCCS(=O)(=O)O)C1. The summed E-state index contributed by atoms with van der Waals surface area (Å²) in [4.78, 5) is 4.04. The van der Waals surface area contributed by atoms with Crippen molar-refractivity contribution in [3.05, 3.63) is 12.4 Å². The molecule has 21 heavy (non-hydrogen) atoms.